The Labute approximate surface area is 227 Å². The summed E-state index contributed by atoms with van der Waals surface area (Å²) in [4.78, 5) is 26.1. The Morgan fingerprint density at radius 3 is 2.30 bits per heavy atom. The number of carbonyl (C=O) groups excluding carboxylic acids is 2. The van der Waals surface area contributed by atoms with Crippen LogP contribution in [0.5, 0.6) is 0 Å². The number of hydrogen-bond donors (Lipinski definition) is 1. The van der Waals surface area contributed by atoms with Crippen molar-refractivity contribution in [1.82, 2.24) is 4.90 Å². The van der Waals surface area contributed by atoms with Gasteiger partial charge in [-0.15, -0.1) is 0 Å². The molecule has 37 heavy (non-hydrogen) atoms. The molecule has 0 aromatic heterocycles. The quantitative estimate of drug-likeness (QED) is 0.310. The van der Waals surface area contributed by atoms with Gasteiger partial charge in [-0.2, -0.15) is 0 Å². The number of ether oxygens (including phenoxy) is 2. The van der Waals surface area contributed by atoms with Crippen molar-refractivity contribution in [2.24, 2.45) is 0 Å². The van der Waals surface area contributed by atoms with Gasteiger partial charge in [-0.1, -0.05) is 65.7 Å². The third-order valence-electron chi connectivity index (χ3n) is 5.60. The minimum Gasteiger partial charge on any atom is -0.465 e. The zero-order valence-corrected chi connectivity index (χ0v) is 22.8. The summed E-state index contributed by atoms with van der Waals surface area (Å²) in [6.07, 6.45) is -0.858. The Balaban J connectivity index is 1.72. The van der Waals surface area contributed by atoms with Crippen molar-refractivity contribution >= 4 is 35.3 Å². The predicted molar refractivity (Wildman–Crippen MR) is 146 cm³/mol. The van der Waals surface area contributed by atoms with Gasteiger partial charge in [-0.05, 0) is 68.1 Å². The van der Waals surface area contributed by atoms with E-state index in [-0.39, 0.29) is 6.54 Å². The second-order valence-corrected chi connectivity index (χ2v) is 10.5. The highest BCUT2D eigenvalue weighted by atomic mass is 35.5. The van der Waals surface area contributed by atoms with E-state index in [0.717, 1.165) is 16.7 Å². The lowest BCUT2D eigenvalue weighted by Gasteiger charge is -2.29. The van der Waals surface area contributed by atoms with Crippen LogP contribution in [0.1, 0.15) is 48.4 Å². The Hall–Kier alpha value is -3.06. The Kier molecular flexibility index (Phi) is 9.60. The number of carbonyl (C=O) groups is 2. The molecule has 3 aromatic carbocycles. The molecule has 0 saturated carbocycles. The Bertz CT molecular complexity index is 1240. The van der Waals surface area contributed by atoms with Crippen LogP contribution in [0, 0.1) is 0 Å². The van der Waals surface area contributed by atoms with E-state index < -0.39 is 23.8 Å². The highest BCUT2D eigenvalue weighted by Crippen LogP contribution is 2.29. The van der Waals surface area contributed by atoms with Crippen molar-refractivity contribution in [3.63, 3.8) is 0 Å². The summed E-state index contributed by atoms with van der Waals surface area (Å²) >= 11 is 12.5. The molecule has 0 saturated heterocycles. The van der Waals surface area contributed by atoms with Crippen LogP contribution >= 0.6 is 23.2 Å². The summed E-state index contributed by atoms with van der Waals surface area (Å²) < 4.78 is 10.3. The van der Waals surface area contributed by atoms with E-state index in [4.69, 9.17) is 32.7 Å². The molecule has 3 rings (SSSR count). The minimum atomic E-state index is -0.913. The highest BCUT2D eigenvalue weighted by Gasteiger charge is 2.24. The average molecular weight is 544 g/mol. The monoisotopic (exact) mass is 543 g/mol. The van der Waals surface area contributed by atoms with Gasteiger partial charge in [-0.3, -0.25) is 0 Å². The fourth-order valence-corrected chi connectivity index (χ4v) is 4.21. The van der Waals surface area contributed by atoms with Crippen molar-refractivity contribution in [2.45, 2.75) is 38.9 Å². The molecule has 0 fully saturated rings. The third kappa shape index (κ3) is 8.22. The lowest BCUT2D eigenvalue weighted by Crippen LogP contribution is -2.40. The molecule has 0 bridgehead atoms. The van der Waals surface area contributed by atoms with E-state index in [9.17, 15) is 14.7 Å². The van der Waals surface area contributed by atoms with Crippen LogP contribution in [0.15, 0.2) is 66.7 Å². The number of rotatable bonds is 8. The molecule has 0 aliphatic heterocycles. The smallest absolute Gasteiger partial charge is 0.410 e. The van der Waals surface area contributed by atoms with Gasteiger partial charge in [0.05, 0.1) is 25.3 Å². The number of nitrogens with zero attached hydrogens (tertiary/aromatic N) is 1. The molecule has 0 spiro atoms. The topological polar surface area (TPSA) is 76.1 Å². The third-order valence-corrected chi connectivity index (χ3v) is 6.15. The minimum absolute atomic E-state index is 0.0650. The summed E-state index contributed by atoms with van der Waals surface area (Å²) in [6.45, 7) is 5.82. The lowest BCUT2D eigenvalue weighted by atomic mass is 10.0. The summed E-state index contributed by atoms with van der Waals surface area (Å²) in [7, 11) is 1.32. The van der Waals surface area contributed by atoms with Crippen molar-refractivity contribution in [3.8, 4) is 11.1 Å². The number of esters is 1. The molecule has 196 valence electrons. The molecule has 8 heteroatoms. The first kappa shape index (κ1) is 28.5. The fraction of sp³-hybridized carbons (Fsp3) is 0.310. The maximum absolute atomic E-state index is 12.9. The molecule has 3 aromatic rings. The first-order valence-corrected chi connectivity index (χ1v) is 12.6. The van der Waals surface area contributed by atoms with Gasteiger partial charge in [0.1, 0.15) is 5.60 Å². The maximum Gasteiger partial charge on any atom is 0.410 e. The normalized spacial score (nSPS) is 12.1. The number of aliphatic hydroxyl groups is 1. The van der Waals surface area contributed by atoms with Crippen LogP contribution in [-0.2, 0) is 15.9 Å². The highest BCUT2D eigenvalue weighted by molar-refractivity contribution is 6.33. The largest absolute Gasteiger partial charge is 0.465 e. The van der Waals surface area contributed by atoms with Crippen LogP contribution in [0.25, 0.3) is 11.1 Å². The molecule has 0 heterocycles. The second-order valence-electron chi connectivity index (χ2n) is 9.63. The van der Waals surface area contributed by atoms with E-state index in [1.54, 1.807) is 63.2 Å². The van der Waals surface area contributed by atoms with Crippen LogP contribution in [0.4, 0.5) is 4.79 Å². The summed E-state index contributed by atoms with van der Waals surface area (Å²) in [6, 6.07) is 19.8. The van der Waals surface area contributed by atoms with Crippen molar-refractivity contribution < 1.29 is 24.2 Å². The Morgan fingerprint density at radius 2 is 1.70 bits per heavy atom. The molecule has 0 radical (unpaired) electrons. The molecule has 0 aliphatic rings. The molecule has 1 N–H and O–H groups in total. The summed E-state index contributed by atoms with van der Waals surface area (Å²) in [5.41, 5.74) is 3.03. The number of aliphatic hydroxyl groups excluding tert-OH is 1. The van der Waals surface area contributed by atoms with Crippen molar-refractivity contribution in [2.75, 3.05) is 20.2 Å². The molecule has 1 amide bonds. The summed E-state index contributed by atoms with van der Waals surface area (Å²) in [5, 5.41) is 11.7. The number of methoxy groups -OCH3 is 1. The number of benzene rings is 3. The standard InChI is InChI=1S/C29H31Cl2NO5/c1-29(2,3)37-28(35)32(18-26(33)21-6-5-7-23(30)16-21)15-14-19-8-10-20(11-9-19)24-13-12-22(17-25(24)31)27(34)36-4/h5-13,16-17,26,33H,14-15,18H2,1-4H3/t26-/m0/s1. The van der Waals surface area contributed by atoms with Gasteiger partial charge >= 0.3 is 12.1 Å². The van der Waals surface area contributed by atoms with Crippen LogP contribution in [0.3, 0.4) is 0 Å². The molecular weight excluding hydrogens is 513 g/mol. The van der Waals surface area contributed by atoms with Crippen LogP contribution in [0.2, 0.25) is 10.0 Å². The molecule has 1 atom stereocenters. The van der Waals surface area contributed by atoms with Crippen LogP contribution in [-0.4, -0.2) is 47.9 Å². The number of hydrogen-bond acceptors (Lipinski definition) is 5. The lowest BCUT2D eigenvalue weighted by molar-refractivity contribution is 0.0147. The van der Waals surface area contributed by atoms with Gasteiger partial charge in [0.25, 0.3) is 0 Å². The molecule has 6 nitrogen and oxygen atoms in total. The van der Waals surface area contributed by atoms with Gasteiger partial charge in [0.15, 0.2) is 0 Å². The van der Waals surface area contributed by atoms with Crippen molar-refractivity contribution in [3.05, 3.63) is 93.5 Å². The predicted octanol–water partition coefficient (Wildman–Crippen LogP) is 6.96. The number of amides is 1. The fourth-order valence-electron chi connectivity index (χ4n) is 3.72. The first-order valence-electron chi connectivity index (χ1n) is 11.9. The zero-order chi connectivity index (χ0) is 27.2. The van der Waals surface area contributed by atoms with E-state index in [0.29, 0.717) is 34.1 Å². The Morgan fingerprint density at radius 1 is 1.00 bits per heavy atom. The van der Waals surface area contributed by atoms with Crippen LogP contribution < -0.4 is 0 Å². The molecule has 0 aliphatic carbocycles. The molecular formula is C29H31Cl2NO5. The van der Waals surface area contributed by atoms with E-state index in [1.807, 2.05) is 24.3 Å². The van der Waals surface area contributed by atoms with Gasteiger partial charge in [0.2, 0.25) is 0 Å². The van der Waals surface area contributed by atoms with Gasteiger partial charge in [0, 0.05) is 22.2 Å². The van der Waals surface area contributed by atoms with Crippen molar-refractivity contribution in [1.29, 1.82) is 0 Å². The molecule has 0 unspecified atom stereocenters. The van der Waals surface area contributed by atoms with Gasteiger partial charge in [-0.25, -0.2) is 9.59 Å². The van der Waals surface area contributed by atoms with E-state index in [2.05, 4.69) is 0 Å². The average Bonchev–Trinajstić information content (AvgIpc) is 2.85. The zero-order valence-electron chi connectivity index (χ0n) is 21.3. The maximum atomic E-state index is 12.9. The SMILES string of the molecule is COC(=O)c1ccc(-c2ccc(CCN(C[C@H](O)c3cccc(Cl)c3)C(=O)OC(C)(C)C)cc2)c(Cl)c1. The van der Waals surface area contributed by atoms with E-state index >= 15 is 0 Å². The first-order chi connectivity index (χ1) is 17.5. The number of halogens is 2. The summed E-state index contributed by atoms with van der Waals surface area (Å²) in [5.74, 6) is -0.446. The van der Waals surface area contributed by atoms with Gasteiger partial charge < -0.3 is 19.5 Å². The second kappa shape index (κ2) is 12.5. The van der Waals surface area contributed by atoms with E-state index in [1.165, 1.54) is 12.0 Å².